The Balaban J connectivity index is 1.45. The number of nitrogens with zero attached hydrogens (tertiary/aromatic N) is 2. The number of amides is 1. The first-order chi connectivity index (χ1) is 13.7. The Morgan fingerprint density at radius 1 is 1.07 bits per heavy atom. The molecule has 0 radical (unpaired) electrons. The largest absolute Gasteiger partial charge is 0.390 e. The van der Waals surface area contributed by atoms with Crippen LogP contribution in [0.25, 0.3) is 0 Å². The van der Waals surface area contributed by atoms with Crippen molar-refractivity contribution in [1.82, 2.24) is 4.90 Å². The lowest BCUT2D eigenvalue weighted by Crippen LogP contribution is -2.40. The topological polar surface area (TPSA) is 41.9 Å². The molecule has 0 spiro atoms. The number of aryl methyl sites for hydroxylation is 1. The number of hydrogen-bond acceptors (Lipinski definition) is 3. The zero-order chi connectivity index (χ0) is 19.3. The molecule has 1 saturated carbocycles. The molecular formula is C24H28N2O2. The summed E-state index contributed by atoms with van der Waals surface area (Å²) < 4.78 is 0. The van der Waals surface area contributed by atoms with Crippen molar-refractivity contribution in [2.24, 2.45) is 11.1 Å². The second-order valence-electron chi connectivity index (χ2n) is 7.97. The molecule has 0 aromatic heterocycles. The van der Waals surface area contributed by atoms with Gasteiger partial charge in [0, 0.05) is 24.4 Å². The van der Waals surface area contributed by atoms with Crippen LogP contribution in [0.15, 0.2) is 59.8 Å². The van der Waals surface area contributed by atoms with Crippen molar-refractivity contribution in [3.05, 3.63) is 71.3 Å². The first kappa shape index (κ1) is 18.7. The third-order valence-corrected chi connectivity index (χ3v) is 5.85. The van der Waals surface area contributed by atoms with Gasteiger partial charge in [0.05, 0.1) is 12.3 Å². The van der Waals surface area contributed by atoms with E-state index in [-0.39, 0.29) is 17.9 Å². The molecule has 2 aliphatic rings. The fourth-order valence-electron chi connectivity index (χ4n) is 4.30. The normalized spacial score (nSPS) is 19.3. The Hall–Kier alpha value is -2.62. The Morgan fingerprint density at radius 2 is 1.79 bits per heavy atom. The Labute approximate surface area is 167 Å². The number of oxime groups is 1. The summed E-state index contributed by atoms with van der Waals surface area (Å²) in [5.41, 5.74) is 4.48. The van der Waals surface area contributed by atoms with Crippen molar-refractivity contribution in [2.75, 3.05) is 6.54 Å². The molecule has 0 unspecified atom stereocenters. The summed E-state index contributed by atoms with van der Waals surface area (Å²) in [6, 6.07) is 18.5. The summed E-state index contributed by atoms with van der Waals surface area (Å²) in [6.07, 6.45) is 5.02. The van der Waals surface area contributed by atoms with Crippen LogP contribution in [0.5, 0.6) is 0 Å². The van der Waals surface area contributed by atoms with E-state index in [0.717, 1.165) is 48.9 Å². The van der Waals surface area contributed by atoms with Gasteiger partial charge in [0.15, 0.2) is 6.10 Å². The molecule has 0 N–H and O–H groups in total. The van der Waals surface area contributed by atoms with Gasteiger partial charge in [-0.05, 0) is 30.9 Å². The van der Waals surface area contributed by atoms with Crippen LogP contribution in [-0.2, 0) is 16.2 Å². The van der Waals surface area contributed by atoms with Gasteiger partial charge in [0.1, 0.15) is 0 Å². The van der Waals surface area contributed by atoms with Gasteiger partial charge in [0.2, 0.25) is 5.91 Å². The lowest BCUT2D eigenvalue weighted by atomic mass is 9.99. The monoisotopic (exact) mass is 376 g/mol. The van der Waals surface area contributed by atoms with E-state index >= 15 is 0 Å². The second-order valence-corrected chi connectivity index (χ2v) is 7.97. The Bertz CT molecular complexity index is 841. The van der Waals surface area contributed by atoms with Crippen LogP contribution in [0.4, 0.5) is 0 Å². The van der Waals surface area contributed by atoms with Crippen molar-refractivity contribution < 1.29 is 9.63 Å². The predicted octanol–water partition coefficient (Wildman–Crippen LogP) is 4.71. The van der Waals surface area contributed by atoms with E-state index in [9.17, 15) is 4.79 Å². The lowest BCUT2D eigenvalue weighted by molar-refractivity contribution is -0.137. The smallest absolute Gasteiger partial charge is 0.226 e. The minimum absolute atomic E-state index is 0.0799. The number of benzene rings is 2. The fourth-order valence-corrected chi connectivity index (χ4v) is 4.30. The van der Waals surface area contributed by atoms with Crippen LogP contribution >= 0.6 is 0 Å². The van der Waals surface area contributed by atoms with E-state index in [2.05, 4.69) is 36.3 Å². The predicted molar refractivity (Wildman–Crippen MR) is 111 cm³/mol. The molecule has 1 aliphatic carbocycles. The van der Waals surface area contributed by atoms with Gasteiger partial charge in [-0.25, -0.2) is 0 Å². The van der Waals surface area contributed by atoms with Crippen LogP contribution in [-0.4, -0.2) is 29.2 Å². The van der Waals surface area contributed by atoms with Gasteiger partial charge in [-0.2, -0.15) is 0 Å². The molecule has 28 heavy (non-hydrogen) atoms. The van der Waals surface area contributed by atoms with Crippen LogP contribution in [0, 0.1) is 12.8 Å². The van der Waals surface area contributed by atoms with E-state index in [4.69, 9.17) is 4.84 Å². The van der Waals surface area contributed by atoms with Crippen molar-refractivity contribution in [3.8, 4) is 0 Å². The van der Waals surface area contributed by atoms with Crippen molar-refractivity contribution >= 4 is 11.6 Å². The highest BCUT2D eigenvalue weighted by Crippen LogP contribution is 2.28. The van der Waals surface area contributed by atoms with Gasteiger partial charge in [-0.1, -0.05) is 72.6 Å². The quantitative estimate of drug-likeness (QED) is 0.733. The SMILES string of the molecule is Cc1ccccc1C1=NO[C@@H](CN(Cc2ccccc2)C(=O)C2CCCC2)C1. The minimum atomic E-state index is -0.0799. The second kappa shape index (κ2) is 8.59. The third kappa shape index (κ3) is 4.27. The summed E-state index contributed by atoms with van der Waals surface area (Å²) in [4.78, 5) is 20.9. The maximum Gasteiger partial charge on any atom is 0.226 e. The van der Waals surface area contributed by atoms with E-state index < -0.39 is 0 Å². The molecule has 1 aliphatic heterocycles. The summed E-state index contributed by atoms with van der Waals surface area (Å²) in [5, 5.41) is 4.34. The van der Waals surface area contributed by atoms with Gasteiger partial charge >= 0.3 is 0 Å². The first-order valence-corrected chi connectivity index (χ1v) is 10.3. The summed E-state index contributed by atoms with van der Waals surface area (Å²) in [5.74, 6) is 0.441. The average molecular weight is 377 g/mol. The first-order valence-electron chi connectivity index (χ1n) is 10.3. The van der Waals surface area contributed by atoms with Crippen LogP contribution in [0.1, 0.15) is 48.8 Å². The molecule has 146 valence electrons. The zero-order valence-corrected chi connectivity index (χ0v) is 16.5. The van der Waals surface area contributed by atoms with Crippen molar-refractivity contribution in [2.45, 2.75) is 51.7 Å². The number of rotatable bonds is 6. The van der Waals surface area contributed by atoms with E-state index in [1.165, 1.54) is 5.56 Å². The van der Waals surface area contributed by atoms with Crippen LogP contribution in [0.3, 0.4) is 0 Å². The maximum atomic E-state index is 13.2. The Morgan fingerprint density at radius 3 is 2.54 bits per heavy atom. The average Bonchev–Trinajstić information content (AvgIpc) is 3.40. The number of carbonyl (C=O) groups is 1. The van der Waals surface area contributed by atoms with Gasteiger partial charge in [-0.15, -0.1) is 0 Å². The third-order valence-electron chi connectivity index (χ3n) is 5.85. The molecule has 4 rings (SSSR count). The molecular weight excluding hydrogens is 348 g/mol. The summed E-state index contributed by atoms with van der Waals surface area (Å²) >= 11 is 0. The maximum absolute atomic E-state index is 13.2. The van der Waals surface area contributed by atoms with E-state index in [0.29, 0.717) is 13.1 Å². The van der Waals surface area contributed by atoms with Crippen molar-refractivity contribution in [3.63, 3.8) is 0 Å². The molecule has 1 fully saturated rings. The molecule has 1 atom stereocenters. The van der Waals surface area contributed by atoms with E-state index in [1.807, 2.05) is 35.2 Å². The van der Waals surface area contributed by atoms with Crippen LogP contribution < -0.4 is 0 Å². The highest BCUT2D eigenvalue weighted by atomic mass is 16.6. The van der Waals surface area contributed by atoms with Crippen LogP contribution in [0.2, 0.25) is 0 Å². The molecule has 0 saturated heterocycles. The highest BCUT2D eigenvalue weighted by molar-refractivity contribution is 6.02. The van der Waals surface area contributed by atoms with E-state index in [1.54, 1.807) is 0 Å². The van der Waals surface area contributed by atoms with Gasteiger partial charge in [0.25, 0.3) is 0 Å². The molecule has 0 bridgehead atoms. The molecule has 2 aromatic carbocycles. The summed E-state index contributed by atoms with van der Waals surface area (Å²) in [7, 11) is 0. The number of hydrogen-bond donors (Lipinski definition) is 0. The molecule has 4 heteroatoms. The highest BCUT2D eigenvalue weighted by Gasteiger charge is 2.31. The summed E-state index contributed by atoms with van der Waals surface area (Å²) in [6.45, 7) is 3.31. The van der Waals surface area contributed by atoms with Gasteiger partial charge in [-0.3, -0.25) is 4.79 Å². The van der Waals surface area contributed by atoms with Gasteiger partial charge < -0.3 is 9.74 Å². The standard InChI is InChI=1S/C24H28N2O2/c1-18-9-5-8-14-22(18)23-15-21(28-25-23)17-26(16-19-10-3-2-4-11-19)24(27)20-12-6-7-13-20/h2-5,8-11,14,20-21H,6-7,12-13,15-17H2,1H3/t21-/m1/s1. The fraction of sp³-hybridized carbons (Fsp3) is 0.417. The molecule has 1 amide bonds. The Kier molecular flexibility index (Phi) is 5.75. The molecule has 2 aromatic rings. The van der Waals surface area contributed by atoms with Crippen molar-refractivity contribution in [1.29, 1.82) is 0 Å². The minimum Gasteiger partial charge on any atom is -0.390 e. The molecule has 1 heterocycles. The lowest BCUT2D eigenvalue weighted by Gasteiger charge is -2.27. The molecule has 4 nitrogen and oxygen atoms in total. The number of carbonyl (C=O) groups excluding carboxylic acids is 1. The zero-order valence-electron chi connectivity index (χ0n) is 16.5.